The molecule has 0 aliphatic heterocycles. The van der Waals surface area contributed by atoms with Crippen LogP contribution in [0.5, 0.6) is 0 Å². The van der Waals surface area contributed by atoms with Gasteiger partial charge in [0.15, 0.2) is 0 Å². The van der Waals surface area contributed by atoms with Gasteiger partial charge < -0.3 is 24.6 Å². The van der Waals surface area contributed by atoms with Crippen LogP contribution in [0.1, 0.15) is 0 Å². The van der Waals surface area contributed by atoms with E-state index in [4.69, 9.17) is 0 Å². The van der Waals surface area contributed by atoms with Gasteiger partial charge in [0.05, 0.1) is 0 Å². The van der Waals surface area contributed by atoms with Crippen molar-refractivity contribution in [2.45, 2.75) is 0 Å². The summed E-state index contributed by atoms with van der Waals surface area (Å²) in [5.74, 6) is 0. The fourth-order valence-electron chi connectivity index (χ4n) is 6.26. The Bertz CT molecular complexity index is 1760. The largest absolute Gasteiger partial charge is 0.454 e. The van der Waals surface area contributed by atoms with Crippen LogP contribution in [0.15, 0.2) is 243 Å². The van der Waals surface area contributed by atoms with Crippen molar-refractivity contribution in [3.8, 4) is 0 Å². The standard InChI is InChI=1S/2C26H22P2.Ni/c2*1-5-13-23(14-6-1)27(24-15-7-2-8-16-24)21-22-28(25-17-9-3-10-18-25)26-19-11-4-12-20-26;/h2*1-22H;/q2*-2;. The summed E-state index contributed by atoms with van der Waals surface area (Å²) >= 11 is 0. The second-order valence-electron chi connectivity index (χ2n) is 12.8. The monoisotopic (exact) mass is 850 g/mol. The summed E-state index contributed by atoms with van der Waals surface area (Å²) in [7, 11) is -2.11. The van der Waals surface area contributed by atoms with Crippen molar-refractivity contribution in [1.82, 2.24) is 0 Å². The van der Waals surface area contributed by atoms with Gasteiger partial charge in [0, 0.05) is 16.5 Å². The normalized spacial score (nSPS) is 10.9. The molecule has 0 saturated carbocycles. The van der Waals surface area contributed by atoms with E-state index >= 15 is 0 Å². The molecule has 0 aliphatic carbocycles. The first-order valence-electron chi connectivity index (χ1n) is 18.8. The Morgan fingerprint density at radius 2 is 0.281 bits per heavy atom. The third kappa shape index (κ3) is 12.5. The number of hydrogen-bond acceptors (Lipinski definition) is 0. The van der Waals surface area contributed by atoms with E-state index in [0.29, 0.717) is 0 Å². The Hall–Kier alpha value is -4.03. The Morgan fingerprint density at radius 3 is 0.386 bits per heavy atom. The molecule has 8 aromatic rings. The fourth-order valence-corrected chi connectivity index (χ4v) is 14.9. The molecule has 5 heteroatoms. The SMILES string of the molecule is [Ni].c1ccc(P([CH-][CH-]P(c2ccccc2)c2ccccc2)c2ccccc2)cc1.c1ccc(P([CH-][CH-]P(c2ccccc2)c2ccccc2)c2ccccc2)cc1. The van der Waals surface area contributed by atoms with Gasteiger partial charge in [-0.15, -0.1) is 0 Å². The molecule has 0 radical (unpaired) electrons. The van der Waals surface area contributed by atoms with Gasteiger partial charge in [0.25, 0.3) is 0 Å². The first-order valence-corrected chi connectivity index (χ1v) is 24.4. The van der Waals surface area contributed by atoms with E-state index in [0.717, 1.165) is 0 Å². The maximum Gasteiger partial charge on any atom is 0 e. The quantitative estimate of drug-likeness (QED) is 0.0581. The van der Waals surface area contributed by atoms with Crippen LogP contribution in [-0.2, 0) is 16.5 Å². The van der Waals surface area contributed by atoms with Gasteiger partial charge >= 0.3 is 0 Å². The van der Waals surface area contributed by atoms with Crippen molar-refractivity contribution < 1.29 is 16.5 Å². The van der Waals surface area contributed by atoms with Crippen LogP contribution in [0.2, 0.25) is 0 Å². The fraction of sp³-hybridized carbons (Fsp3) is 0. The van der Waals surface area contributed by atoms with E-state index in [2.05, 4.69) is 267 Å². The maximum absolute atomic E-state index is 2.45. The van der Waals surface area contributed by atoms with Crippen molar-refractivity contribution in [2.24, 2.45) is 0 Å². The molecular formula is C52H44NiP4-4. The summed E-state index contributed by atoms with van der Waals surface area (Å²) < 4.78 is 0. The van der Waals surface area contributed by atoms with Crippen LogP contribution >= 0.6 is 31.7 Å². The van der Waals surface area contributed by atoms with Crippen molar-refractivity contribution >= 4 is 74.1 Å². The average Bonchev–Trinajstić information content (AvgIpc) is 3.29. The molecule has 0 amide bonds. The molecule has 0 aliphatic rings. The van der Waals surface area contributed by atoms with Crippen molar-refractivity contribution in [3.63, 3.8) is 0 Å². The molecule has 0 N–H and O–H groups in total. The van der Waals surface area contributed by atoms with Crippen molar-refractivity contribution in [2.75, 3.05) is 0 Å². The summed E-state index contributed by atoms with van der Waals surface area (Å²) in [5.41, 5.74) is 0. The molecular weight excluding hydrogens is 807 g/mol. The van der Waals surface area contributed by atoms with E-state index < -0.39 is 31.7 Å². The zero-order chi connectivity index (χ0) is 38.0. The Kier molecular flexibility index (Phi) is 17.5. The van der Waals surface area contributed by atoms with Gasteiger partial charge in [-0.1, -0.05) is 285 Å². The second kappa shape index (κ2) is 23.4. The molecule has 0 bridgehead atoms. The van der Waals surface area contributed by atoms with E-state index in [9.17, 15) is 0 Å². The number of rotatable bonds is 14. The van der Waals surface area contributed by atoms with Gasteiger partial charge in [0.1, 0.15) is 0 Å². The zero-order valence-corrected chi connectivity index (χ0v) is 36.1. The minimum atomic E-state index is -0.528. The van der Waals surface area contributed by atoms with Gasteiger partial charge in [-0.2, -0.15) is 0 Å². The van der Waals surface area contributed by atoms with Crippen molar-refractivity contribution in [1.29, 1.82) is 0 Å². The summed E-state index contributed by atoms with van der Waals surface area (Å²) in [6, 6.07) is 86.9. The van der Waals surface area contributed by atoms with Crippen LogP contribution in [0, 0.1) is 24.6 Å². The van der Waals surface area contributed by atoms with Crippen LogP contribution in [0.4, 0.5) is 0 Å². The van der Waals surface area contributed by atoms with Gasteiger partial charge in [0.2, 0.25) is 0 Å². The van der Waals surface area contributed by atoms with Crippen LogP contribution in [-0.4, -0.2) is 0 Å². The molecule has 8 rings (SSSR count). The first kappa shape index (κ1) is 42.6. The Labute approximate surface area is 355 Å². The molecule has 0 aromatic heterocycles. The molecule has 0 nitrogen and oxygen atoms in total. The summed E-state index contributed by atoms with van der Waals surface area (Å²) in [4.78, 5) is 0. The summed E-state index contributed by atoms with van der Waals surface area (Å²) in [5, 5.41) is 11.1. The van der Waals surface area contributed by atoms with Crippen LogP contribution < -0.4 is 42.4 Å². The minimum absolute atomic E-state index is 0. The van der Waals surface area contributed by atoms with Gasteiger partial charge in [-0.25, -0.2) is 31.7 Å². The minimum Gasteiger partial charge on any atom is -0.454 e. The predicted molar refractivity (Wildman–Crippen MR) is 253 cm³/mol. The maximum atomic E-state index is 2.45. The van der Waals surface area contributed by atoms with E-state index in [1.165, 1.54) is 42.4 Å². The molecule has 8 aromatic carbocycles. The van der Waals surface area contributed by atoms with Crippen LogP contribution in [0.25, 0.3) is 0 Å². The molecule has 57 heavy (non-hydrogen) atoms. The summed E-state index contributed by atoms with van der Waals surface area (Å²) in [6.07, 6.45) is 9.80. The molecule has 0 unspecified atom stereocenters. The van der Waals surface area contributed by atoms with Crippen molar-refractivity contribution in [3.05, 3.63) is 267 Å². The third-order valence-corrected chi connectivity index (χ3v) is 18.1. The smallest absolute Gasteiger partial charge is 0 e. The number of hydrogen-bond donors (Lipinski definition) is 0. The Morgan fingerprint density at radius 1 is 0.175 bits per heavy atom. The molecule has 0 spiro atoms. The van der Waals surface area contributed by atoms with E-state index in [1.807, 2.05) is 0 Å². The topological polar surface area (TPSA) is 0 Å². The molecule has 0 saturated heterocycles. The molecule has 0 atom stereocenters. The second-order valence-corrected chi connectivity index (χ2v) is 21.0. The number of benzene rings is 8. The third-order valence-electron chi connectivity index (χ3n) is 9.00. The van der Waals surface area contributed by atoms with Gasteiger partial charge in [-0.05, 0) is 0 Å². The van der Waals surface area contributed by atoms with E-state index in [1.54, 1.807) is 0 Å². The molecule has 0 fully saturated rings. The molecule has 286 valence electrons. The molecule has 0 heterocycles. The Balaban J connectivity index is 0.000000189. The predicted octanol–water partition coefficient (Wildman–Crippen LogP) is 11.1. The zero-order valence-electron chi connectivity index (χ0n) is 31.5. The van der Waals surface area contributed by atoms with Crippen LogP contribution in [0.3, 0.4) is 0 Å². The first-order chi connectivity index (χ1) is 27.8. The van der Waals surface area contributed by atoms with E-state index in [-0.39, 0.29) is 16.5 Å². The summed E-state index contributed by atoms with van der Waals surface area (Å²) in [6.45, 7) is 0. The van der Waals surface area contributed by atoms with Gasteiger partial charge in [-0.3, -0.25) is 0 Å². The average molecular weight is 852 g/mol.